The van der Waals surface area contributed by atoms with Gasteiger partial charge in [-0.1, -0.05) is 29.8 Å². The van der Waals surface area contributed by atoms with Crippen molar-refractivity contribution < 1.29 is 0 Å². The Hall–Kier alpha value is -2.72. The van der Waals surface area contributed by atoms with Crippen molar-refractivity contribution in [2.45, 2.75) is 6.92 Å². The van der Waals surface area contributed by atoms with E-state index in [9.17, 15) is 0 Å². The fourth-order valence-corrected chi connectivity index (χ4v) is 2.92. The summed E-state index contributed by atoms with van der Waals surface area (Å²) in [5.74, 6) is 0. The summed E-state index contributed by atoms with van der Waals surface area (Å²) in [4.78, 5) is 8.80. The van der Waals surface area contributed by atoms with Crippen LogP contribution >= 0.6 is 11.6 Å². The van der Waals surface area contributed by atoms with Gasteiger partial charge >= 0.3 is 0 Å². The van der Waals surface area contributed by atoms with E-state index in [-0.39, 0.29) is 0 Å². The Balaban J connectivity index is 1.96. The molecule has 0 fully saturated rings. The van der Waals surface area contributed by atoms with Crippen molar-refractivity contribution in [2.24, 2.45) is 0 Å². The van der Waals surface area contributed by atoms with Gasteiger partial charge in [0.25, 0.3) is 0 Å². The Morgan fingerprint density at radius 2 is 1.91 bits per heavy atom. The molecular formula is C18H13ClN4. The zero-order valence-corrected chi connectivity index (χ0v) is 13.2. The van der Waals surface area contributed by atoms with Crippen molar-refractivity contribution in [1.29, 1.82) is 0 Å². The van der Waals surface area contributed by atoms with E-state index in [2.05, 4.69) is 28.1 Å². The van der Waals surface area contributed by atoms with Gasteiger partial charge in [-0.05, 0) is 36.8 Å². The molecule has 3 aromatic heterocycles. The molecule has 5 heteroatoms. The number of benzene rings is 1. The fraction of sp³-hybridized carbons (Fsp3) is 0.0556. The minimum atomic E-state index is 0.697. The maximum Gasteiger partial charge on any atom is 0.155 e. The summed E-state index contributed by atoms with van der Waals surface area (Å²) in [6, 6.07) is 13.8. The topological polar surface area (TPSA) is 43.1 Å². The van der Waals surface area contributed by atoms with Gasteiger partial charge in [0.1, 0.15) is 6.33 Å². The first-order valence-electron chi connectivity index (χ1n) is 7.24. The monoisotopic (exact) mass is 320 g/mol. The third kappa shape index (κ3) is 2.47. The molecule has 3 heterocycles. The first-order valence-corrected chi connectivity index (χ1v) is 7.61. The third-order valence-corrected chi connectivity index (χ3v) is 4.05. The van der Waals surface area contributed by atoms with Gasteiger partial charge in [-0.15, -0.1) is 0 Å². The van der Waals surface area contributed by atoms with Gasteiger partial charge in [-0.3, -0.25) is 4.98 Å². The quantitative estimate of drug-likeness (QED) is 0.549. The largest absolute Gasteiger partial charge is 0.256 e. The average molecular weight is 321 g/mol. The SMILES string of the molecule is Cc1cc2ncnn2cc1-c1cccnc1-c1cccc(Cl)c1. The molecular weight excluding hydrogens is 308 g/mol. The maximum absolute atomic E-state index is 6.14. The normalized spacial score (nSPS) is 11.0. The number of nitrogens with zero attached hydrogens (tertiary/aromatic N) is 4. The lowest BCUT2D eigenvalue weighted by molar-refractivity contribution is 0.959. The Kier molecular flexibility index (Phi) is 3.32. The predicted molar refractivity (Wildman–Crippen MR) is 91.4 cm³/mol. The second-order valence-corrected chi connectivity index (χ2v) is 5.78. The molecule has 23 heavy (non-hydrogen) atoms. The van der Waals surface area contributed by atoms with Crippen LogP contribution in [0.3, 0.4) is 0 Å². The lowest BCUT2D eigenvalue weighted by Gasteiger charge is -2.12. The zero-order chi connectivity index (χ0) is 15.8. The summed E-state index contributed by atoms with van der Waals surface area (Å²) in [6.07, 6.45) is 5.34. The number of hydrogen-bond donors (Lipinski definition) is 0. The lowest BCUT2D eigenvalue weighted by atomic mass is 9.97. The van der Waals surface area contributed by atoms with Crippen LogP contribution in [0.5, 0.6) is 0 Å². The van der Waals surface area contributed by atoms with Gasteiger partial charge in [0.05, 0.1) is 5.69 Å². The smallest absolute Gasteiger partial charge is 0.155 e. The molecule has 0 aliphatic heterocycles. The van der Waals surface area contributed by atoms with Crippen LogP contribution in [0.2, 0.25) is 5.02 Å². The van der Waals surface area contributed by atoms with E-state index >= 15 is 0 Å². The van der Waals surface area contributed by atoms with Crippen LogP contribution in [0.25, 0.3) is 28.0 Å². The van der Waals surface area contributed by atoms with Gasteiger partial charge in [-0.2, -0.15) is 5.10 Å². The van der Waals surface area contributed by atoms with E-state index < -0.39 is 0 Å². The highest BCUT2D eigenvalue weighted by Gasteiger charge is 2.12. The molecule has 4 nitrogen and oxygen atoms in total. The van der Waals surface area contributed by atoms with Crippen molar-refractivity contribution in [3.8, 4) is 22.4 Å². The zero-order valence-electron chi connectivity index (χ0n) is 12.4. The second-order valence-electron chi connectivity index (χ2n) is 5.34. The van der Waals surface area contributed by atoms with Crippen LogP contribution in [-0.4, -0.2) is 19.6 Å². The maximum atomic E-state index is 6.14. The lowest BCUT2D eigenvalue weighted by Crippen LogP contribution is -1.95. The Labute approximate surface area is 138 Å². The van der Waals surface area contributed by atoms with E-state index in [4.69, 9.17) is 11.6 Å². The molecule has 0 unspecified atom stereocenters. The highest BCUT2D eigenvalue weighted by atomic mass is 35.5. The molecule has 0 amide bonds. The van der Waals surface area contributed by atoms with Crippen LogP contribution in [0.1, 0.15) is 5.56 Å². The number of rotatable bonds is 2. The van der Waals surface area contributed by atoms with Crippen molar-refractivity contribution in [3.05, 3.63) is 71.8 Å². The Morgan fingerprint density at radius 3 is 2.78 bits per heavy atom. The van der Waals surface area contributed by atoms with Crippen molar-refractivity contribution in [3.63, 3.8) is 0 Å². The minimum Gasteiger partial charge on any atom is -0.256 e. The van der Waals surface area contributed by atoms with Gasteiger partial charge in [0, 0.05) is 34.1 Å². The highest BCUT2D eigenvalue weighted by Crippen LogP contribution is 2.33. The summed E-state index contributed by atoms with van der Waals surface area (Å²) in [5.41, 5.74) is 5.97. The summed E-state index contributed by atoms with van der Waals surface area (Å²) >= 11 is 6.14. The number of aryl methyl sites for hydroxylation is 1. The molecule has 0 atom stereocenters. The predicted octanol–water partition coefficient (Wildman–Crippen LogP) is 4.42. The summed E-state index contributed by atoms with van der Waals surface area (Å²) < 4.78 is 1.77. The number of pyridine rings is 2. The van der Waals surface area contributed by atoms with Crippen molar-refractivity contribution in [1.82, 2.24) is 19.6 Å². The molecule has 0 radical (unpaired) electrons. The van der Waals surface area contributed by atoms with E-state index in [1.165, 1.54) is 0 Å². The number of halogens is 1. The second kappa shape index (κ2) is 5.48. The molecule has 0 N–H and O–H groups in total. The van der Waals surface area contributed by atoms with Crippen LogP contribution in [-0.2, 0) is 0 Å². The molecule has 0 aliphatic rings. The molecule has 0 saturated carbocycles. The minimum absolute atomic E-state index is 0.697. The number of hydrogen-bond acceptors (Lipinski definition) is 3. The van der Waals surface area contributed by atoms with Crippen LogP contribution in [0.15, 0.2) is 61.2 Å². The standard InChI is InChI=1S/C18H13ClN4/c1-12-8-17-21-11-22-23(17)10-16(12)15-6-3-7-20-18(15)13-4-2-5-14(19)9-13/h2-11H,1H3. The molecule has 4 rings (SSSR count). The average Bonchev–Trinajstić information content (AvgIpc) is 3.01. The summed E-state index contributed by atoms with van der Waals surface area (Å²) in [6.45, 7) is 2.07. The molecule has 0 aliphatic carbocycles. The molecule has 0 spiro atoms. The number of fused-ring (bicyclic) bond motifs is 1. The van der Waals surface area contributed by atoms with Gasteiger partial charge in [0.2, 0.25) is 0 Å². The van der Waals surface area contributed by atoms with Crippen molar-refractivity contribution >= 4 is 17.2 Å². The van der Waals surface area contributed by atoms with Crippen molar-refractivity contribution in [2.75, 3.05) is 0 Å². The number of aromatic nitrogens is 4. The molecule has 4 aromatic rings. The first kappa shape index (κ1) is 13.9. The molecule has 112 valence electrons. The van der Waals surface area contributed by atoms with Crippen LogP contribution in [0.4, 0.5) is 0 Å². The van der Waals surface area contributed by atoms with Gasteiger partial charge in [0.15, 0.2) is 5.65 Å². The Morgan fingerprint density at radius 1 is 1.00 bits per heavy atom. The Bertz CT molecular complexity index is 1010. The third-order valence-electron chi connectivity index (χ3n) is 3.82. The summed E-state index contributed by atoms with van der Waals surface area (Å²) in [7, 11) is 0. The van der Waals surface area contributed by atoms with Gasteiger partial charge in [-0.25, -0.2) is 9.50 Å². The van der Waals surface area contributed by atoms with E-state index in [0.29, 0.717) is 5.02 Å². The van der Waals surface area contributed by atoms with Crippen LogP contribution < -0.4 is 0 Å². The van der Waals surface area contributed by atoms with E-state index in [0.717, 1.165) is 33.6 Å². The fourth-order valence-electron chi connectivity index (χ4n) is 2.73. The summed E-state index contributed by atoms with van der Waals surface area (Å²) in [5, 5.41) is 4.92. The van der Waals surface area contributed by atoms with E-state index in [1.807, 2.05) is 42.6 Å². The first-order chi connectivity index (χ1) is 11.2. The molecule has 0 saturated heterocycles. The van der Waals surface area contributed by atoms with Crippen LogP contribution in [0, 0.1) is 6.92 Å². The van der Waals surface area contributed by atoms with E-state index in [1.54, 1.807) is 17.0 Å². The van der Waals surface area contributed by atoms with Gasteiger partial charge < -0.3 is 0 Å². The highest BCUT2D eigenvalue weighted by molar-refractivity contribution is 6.30. The molecule has 0 bridgehead atoms. The molecule has 1 aromatic carbocycles.